The van der Waals surface area contributed by atoms with Crippen LogP contribution in [0.15, 0.2) is 0 Å². The van der Waals surface area contributed by atoms with Crippen molar-refractivity contribution in [1.82, 2.24) is 4.90 Å². The Kier molecular flexibility index (Phi) is 7.34. The molecule has 0 unspecified atom stereocenters. The zero-order valence-corrected chi connectivity index (χ0v) is 11.2. The number of carbonyl (C=O) groups excluding carboxylic acids is 1. The summed E-state index contributed by atoms with van der Waals surface area (Å²) in [7, 11) is 1.77. The predicted octanol–water partition coefficient (Wildman–Crippen LogP) is 1.24. The highest BCUT2D eigenvalue weighted by Gasteiger charge is 2.18. The maximum Gasteiger partial charge on any atom is 0.239 e. The Bertz CT molecular complexity index is 205. The van der Waals surface area contributed by atoms with Crippen LogP contribution in [0, 0.1) is 5.92 Å². The number of carbonyl (C=O) groups is 1. The van der Waals surface area contributed by atoms with Crippen LogP contribution < -0.4 is 5.73 Å². The molecule has 0 bridgehead atoms. The Morgan fingerprint density at radius 2 is 1.88 bits per heavy atom. The van der Waals surface area contributed by atoms with Gasteiger partial charge in [0, 0.05) is 13.6 Å². The fourth-order valence-corrected chi connectivity index (χ4v) is 1.43. The smallest absolute Gasteiger partial charge is 0.239 e. The van der Waals surface area contributed by atoms with Gasteiger partial charge in [0.2, 0.25) is 5.91 Å². The van der Waals surface area contributed by atoms with E-state index >= 15 is 0 Å². The Morgan fingerprint density at radius 3 is 2.31 bits per heavy atom. The minimum Gasteiger partial charge on any atom is -0.377 e. The van der Waals surface area contributed by atoms with E-state index in [9.17, 15) is 4.79 Å². The Morgan fingerprint density at radius 1 is 1.31 bits per heavy atom. The summed E-state index contributed by atoms with van der Waals surface area (Å²) in [5, 5.41) is 0. The number of ether oxygens (including phenoxy) is 1. The average Bonchev–Trinajstić information content (AvgIpc) is 2.14. The second-order valence-corrected chi connectivity index (χ2v) is 4.92. The minimum atomic E-state index is -0.385. The molecule has 0 fully saturated rings. The zero-order valence-electron chi connectivity index (χ0n) is 11.2. The van der Waals surface area contributed by atoms with Gasteiger partial charge in [0.15, 0.2) is 0 Å². The SMILES string of the molecule is CC(C)C[C@@H](N)C(=O)N(C)CCOC(C)C. The molecule has 4 nitrogen and oxygen atoms in total. The van der Waals surface area contributed by atoms with Crippen LogP contribution in [0.3, 0.4) is 0 Å². The molecule has 0 rings (SSSR count). The molecule has 0 aliphatic heterocycles. The largest absolute Gasteiger partial charge is 0.377 e. The van der Waals surface area contributed by atoms with Gasteiger partial charge < -0.3 is 15.4 Å². The Labute approximate surface area is 99.1 Å². The number of hydrogen-bond donors (Lipinski definition) is 1. The van der Waals surface area contributed by atoms with Crippen LogP contribution in [0.2, 0.25) is 0 Å². The first-order chi connectivity index (χ1) is 7.34. The third-order valence-electron chi connectivity index (χ3n) is 2.30. The standard InChI is InChI=1S/C12H26N2O2/c1-9(2)8-11(13)12(15)14(5)6-7-16-10(3)4/h9-11H,6-8,13H2,1-5H3/t11-/m1/s1. The molecule has 0 saturated heterocycles. The minimum absolute atomic E-state index is 0.000978. The molecule has 0 aromatic carbocycles. The topological polar surface area (TPSA) is 55.6 Å². The fourth-order valence-electron chi connectivity index (χ4n) is 1.43. The molecule has 16 heavy (non-hydrogen) atoms. The Balaban J connectivity index is 3.88. The van der Waals surface area contributed by atoms with Gasteiger partial charge in [0.1, 0.15) is 0 Å². The van der Waals surface area contributed by atoms with Gasteiger partial charge in [-0.15, -0.1) is 0 Å². The van der Waals surface area contributed by atoms with E-state index in [2.05, 4.69) is 13.8 Å². The van der Waals surface area contributed by atoms with E-state index in [0.29, 0.717) is 19.1 Å². The van der Waals surface area contributed by atoms with Gasteiger partial charge in [-0.2, -0.15) is 0 Å². The van der Waals surface area contributed by atoms with E-state index in [1.165, 1.54) is 0 Å². The van der Waals surface area contributed by atoms with Gasteiger partial charge in [-0.3, -0.25) is 4.79 Å². The second-order valence-electron chi connectivity index (χ2n) is 4.92. The number of nitrogens with zero attached hydrogens (tertiary/aromatic N) is 1. The molecule has 0 aromatic heterocycles. The van der Waals surface area contributed by atoms with Crippen molar-refractivity contribution in [2.24, 2.45) is 11.7 Å². The summed E-state index contributed by atoms with van der Waals surface area (Å²) in [6.45, 7) is 9.25. The molecule has 2 N–H and O–H groups in total. The summed E-state index contributed by atoms with van der Waals surface area (Å²) < 4.78 is 5.39. The van der Waals surface area contributed by atoms with Crippen molar-refractivity contribution < 1.29 is 9.53 Å². The maximum atomic E-state index is 11.8. The van der Waals surface area contributed by atoms with E-state index in [-0.39, 0.29) is 18.1 Å². The molecule has 0 aliphatic rings. The van der Waals surface area contributed by atoms with E-state index in [0.717, 1.165) is 6.42 Å². The highest BCUT2D eigenvalue weighted by atomic mass is 16.5. The molecular formula is C12H26N2O2. The van der Waals surface area contributed by atoms with Gasteiger partial charge >= 0.3 is 0 Å². The van der Waals surface area contributed by atoms with E-state index in [4.69, 9.17) is 10.5 Å². The first-order valence-electron chi connectivity index (χ1n) is 5.96. The normalized spacial score (nSPS) is 13.2. The van der Waals surface area contributed by atoms with E-state index in [1.807, 2.05) is 13.8 Å². The van der Waals surface area contributed by atoms with Crippen molar-refractivity contribution in [2.45, 2.75) is 46.3 Å². The summed E-state index contributed by atoms with van der Waals surface area (Å²) in [5.74, 6) is 0.445. The third kappa shape index (κ3) is 6.80. The van der Waals surface area contributed by atoms with Crippen LogP contribution in [0.25, 0.3) is 0 Å². The number of rotatable bonds is 7. The highest BCUT2D eigenvalue weighted by molar-refractivity contribution is 5.81. The molecule has 1 amide bonds. The lowest BCUT2D eigenvalue weighted by atomic mass is 10.0. The molecule has 0 spiro atoms. The van der Waals surface area contributed by atoms with Gasteiger partial charge in [-0.25, -0.2) is 0 Å². The average molecular weight is 230 g/mol. The van der Waals surface area contributed by atoms with Crippen molar-refractivity contribution in [3.63, 3.8) is 0 Å². The molecule has 0 radical (unpaired) electrons. The number of hydrogen-bond acceptors (Lipinski definition) is 3. The first kappa shape index (κ1) is 15.4. The van der Waals surface area contributed by atoms with Gasteiger partial charge in [-0.1, -0.05) is 13.8 Å². The third-order valence-corrected chi connectivity index (χ3v) is 2.30. The van der Waals surface area contributed by atoms with E-state index in [1.54, 1.807) is 11.9 Å². The number of nitrogens with two attached hydrogens (primary N) is 1. The summed E-state index contributed by atoms with van der Waals surface area (Å²) in [5.41, 5.74) is 5.82. The molecule has 0 saturated carbocycles. The van der Waals surface area contributed by atoms with Crippen LogP contribution >= 0.6 is 0 Å². The fraction of sp³-hybridized carbons (Fsp3) is 0.917. The zero-order chi connectivity index (χ0) is 12.7. The monoisotopic (exact) mass is 230 g/mol. The lowest BCUT2D eigenvalue weighted by Crippen LogP contribution is -2.43. The molecule has 4 heteroatoms. The molecule has 0 aromatic rings. The molecule has 1 atom stereocenters. The molecular weight excluding hydrogens is 204 g/mol. The van der Waals surface area contributed by atoms with Gasteiger partial charge in [0.05, 0.1) is 18.8 Å². The van der Waals surface area contributed by atoms with Crippen molar-refractivity contribution >= 4 is 5.91 Å². The second kappa shape index (κ2) is 7.63. The van der Waals surface area contributed by atoms with E-state index < -0.39 is 0 Å². The van der Waals surface area contributed by atoms with Crippen LogP contribution in [0.4, 0.5) is 0 Å². The van der Waals surface area contributed by atoms with Gasteiger partial charge in [0.25, 0.3) is 0 Å². The highest BCUT2D eigenvalue weighted by Crippen LogP contribution is 2.05. The predicted molar refractivity (Wildman–Crippen MR) is 66.2 cm³/mol. The quantitative estimate of drug-likeness (QED) is 0.716. The summed E-state index contributed by atoms with van der Waals surface area (Å²) in [6, 6.07) is -0.385. The van der Waals surface area contributed by atoms with Crippen molar-refractivity contribution in [3.05, 3.63) is 0 Å². The molecule has 0 heterocycles. The van der Waals surface area contributed by atoms with Crippen molar-refractivity contribution in [1.29, 1.82) is 0 Å². The van der Waals surface area contributed by atoms with Crippen LogP contribution in [-0.2, 0) is 9.53 Å². The van der Waals surface area contributed by atoms with Crippen molar-refractivity contribution in [2.75, 3.05) is 20.2 Å². The summed E-state index contributed by atoms with van der Waals surface area (Å²) in [4.78, 5) is 13.4. The van der Waals surface area contributed by atoms with Crippen LogP contribution in [0.5, 0.6) is 0 Å². The summed E-state index contributed by atoms with van der Waals surface area (Å²) >= 11 is 0. The number of amides is 1. The van der Waals surface area contributed by atoms with Crippen LogP contribution in [0.1, 0.15) is 34.1 Å². The Hall–Kier alpha value is -0.610. The molecule has 0 aliphatic carbocycles. The maximum absolute atomic E-state index is 11.8. The summed E-state index contributed by atoms with van der Waals surface area (Å²) in [6.07, 6.45) is 0.932. The van der Waals surface area contributed by atoms with Gasteiger partial charge in [-0.05, 0) is 26.2 Å². The van der Waals surface area contributed by atoms with Crippen LogP contribution in [-0.4, -0.2) is 43.2 Å². The van der Waals surface area contributed by atoms with Crippen molar-refractivity contribution in [3.8, 4) is 0 Å². The lowest BCUT2D eigenvalue weighted by molar-refractivity contribution is -0.132. The molecule has 96 valence electrons. The number of likely N-dealkylation sites (N-methyl/N-ethyl adjacent to an activating group) is 1. The lowest BCUT2D eigenvalue weighted by Gasteiger charge is -2.22. The first-order valence-corrected chi connectivity index (χ1v) is 5.96.